The molecule has 1 amide bonds. The Hall–Kier alpha value is -2.96. The van der Waals surface area contributed by atoms with Gasteiger partial charge in [-0.2, -0.15) is 0 Å². The van der Waals surface area contributed by atoms with E-state index >= 15 is 0 Å². The van der Waals surface area contributed by atoms with Crippen LogP contribution in [0.3, 0.4) is 0 Å². The zero-order valence-electron chi connectivity index (χ0n) is 18.4. The van der Waals surface area contributed by atoms with E-state index in [1.54, 1.807) is 6.20 Å². The quantitative estimate of drug-likeness (QED) is 0.545. The standard InChI is InChI=1S/C25H28ClN5O/c1-17(2)28-22-12-15-31(16-13-22)24(32)19-5-9-21(10-6-19)29-25-27-14-11-23(30-25)18-3-7-20(26)8-4-18/h3-11,14,17,22,28H,12-13,15-16H2,1-2H3,(H,27,29,30). The Morgan fingerprint density at radius 3 is 2.38 bits per heavy atom. The van der Waals surface area contributed by atoms with Gasteiger partial charge >= 0.3 is 0 Å². The van der Waals surface area contributed by atoms with Gasteiger partial charge in [0.15, 0.2) is 0 Å². The molecule has 0 spiro atoms. The minimum Gasteiger partial charge on any atom is -0.339 e. The van der Waals surface area contributed by atoms with Crippen LogP contribution in [-0.4, -0.2) is 45.9 Å². The highest BCUT2D eigenvalue weighted by Gasteiger charge is 2.23. The van der Waals surface area contributed by atoms with Crippen LogP contribution in [-0.2, 0) is 0 Å². The number of carbonyl (C=O) groups excluding carboxylic acids is 1. The SMILES string of the molecule is CC(C)NC1CCN(C(=O)c2ccc(Nc3nccc(-c4ccc(Cl)cc4)n3)cc2)CC1. The molecule has 32 heavy (non-hydrogen) atoms. The predicted octanol–water partition coefficient (Wildman–Crippen LogP) is 5.14. The zero-order valence-corrected chi connectivity index (χ0v) is 19.1. The van der Waals surface area contributed by atoms with E-state index in [2.05, 4.69) is 34.4 Å². The Morgan fingerprint density at radius 2 is 1.72 bits per heavy atom. The van der Waals surface area contributed by atoms with E-state index in [0.29, 0.717) is 28.6 Å². The Kier molecular flexibility index (Phi) is 7.02. The Bertz CT molecular complexity index is 1040. The van der Waals surface area contributed by atoms with Gasteiger partial charge in [0.1, 0.15) is 0 Å². The summed E-state index contributed by atoms with van der Waals surface area (Å²) in [6.07, 6.45) is 3.70. The Labute approximate surface area is 194 Å². The number of nitrogens with zero attached hydrogens (tertiary/aromatic N) is 3. The number of hydrogen-bond acceptors (Lipinski definition) is 5. The molecule has 0 atom stereocenters. The summed E-state index contributed by atoms with van der Waals surface area (Å²) in [5.41, 5.74) is 3.30. The van der Waals surface area contributed by atoms with E-state index in [4.69, 9.17) is 11.6 Å². The number of rotatable bonds is 6. The van der Waals surface area contributed by atoms with Crippen LogP contribution in [0.15, 0.2) is 60.8 Å². The number of piperidine rings is 1. The van der Waals surface area contributed by atoms with Gasteiger partial charge in [-0.25, -0.2) is 9.97 Å². The van der Waals surface area contributed by atoms with E-state index in [1.807, 2.05) is 59.5 Å². The summed E-state index contributed by atoms with van der Waals surface area (Å²) in [7, 11) is 0. The molecule has 2 heterocycles. The lowest BCUT2D eigenvalue weighted by atomic mass is 10.0. The number of halogens is 1. The maximum Gasteiger partial charge on any atom is 0.253 e. The van der Waals surface area contributed by atoms with Gasteiger partial charge < -0.3 is 15.5 Å². The van der Waals surface area contributed by atoms with Gasteiger partial charge in [0.25, 0.3) is 5.91 Å². The molecule has 1 saturated heterocycles. The first-order valence-corrected chi connectivity index (χ1v) is 11.4. The monoisotopic (exact) mass is 449 g/mol. The lowest BCUT2D eigenvalue weighted by Gasteiger charge is -2.33. The number of aromatic nitrogens is 2. The predicted molar refractivity (Wildman–Crippen MR) is 129 cm³/mol. The highest BCUT2D eigenvalue weighted by molar-refractivity contribution is 6.30. The number of likely N-dealkylation sites (tertiary alicyclic amines) is 1. The molecular weight excluding hydrogens is 422 g/mol. The van der Waals surface area contributed by atoms with Crippen LogP contribution in [0.4, 0.5) is 11.6 Å². The molecule has 1 aromatic heterocycles. The van der Waals surface area contributed by atoms with Gasteiger partial charge in [0, 0.05) is 53.2 Å². The molecule has 0 bridgehead atoms. The van der Waals surface area contributed by atoms with Crippen molar-refractivity contribution in [3.8, 4) is 11.3 Å². The van der Waals surface area contributed by atoms with Gasteiger partial charge in [0.2, 0.25) is 5.95 Å². The van der Waals surface area contributed by atoms with Crippen LogP contribution in [0.25, 0.3) is 11.3 Å². The lowest BCUT2D eigenvalue weighted by molar-refractivity contribution is 0.0703. The summed E-state index contributed by atoms with van der Waals surface area (Å²) in [4.78, 5) is 23.7. The topological polar surface area (TPSA) is 70.2 Å². The first-order chi connectivity index (χ1) is 15.5. The molecule has 2 aromatic carbocycles. The fraction of sp³-hybridized carbons (Fsp3) is 0.320. The van der Waals surface area contributed by atoms with E-state index in [1.165, 1.54) is 0 Å². The second kappa shape index (κ2) is 10.1. The average Bonchev–Trinajstić information content (AvgIpc) is 2.80. The van der Waals surface area contributed by atoms with Gasteiger partial charge in [-0.1, -0.05) is 37.6 Å². The van der Waals surface area contributed by atoms with Crippen molar-refractivity contribution in [3.05, 3.63) is 71.4 Å². The smallest absolute Gasteiger partial charge is 0.253 e. The molecular formula is C25H28ClN5O. The summed E-state index contributed by atoms with van der Waals surface area (Å²) >= 11 is 5.97. The summed E-state index contributed by atoms with van der Waals surface area (Å²) < 4.78 is 0. The summed E-state index contributed by atoms with van der Waals surface area (Å²) in [6, 6.07) is 17.8. The van der Waals surface area contributed by atoms with Crippen LogP contribution in [0, 0.1) is 0 Å². The molecule has 1 fully saturated rings. The molecule has 166 valence electrons. The van der Waals surface area contributed by atoms with Gasteiger partial charge in [-0.3, -0.25) is 4.79 Å². The largest absolute Gasteiger partial charge is 0.339 e. The number of benzene rings is 2. The first-order valence-electron chi connectivity index (χ1n) is 11.0. The summed E-state index contributed by atoms with van der Waals surface area (Å²) in [5.74, 6) is 0.580. The van der Waals surface area contributed by atoms with E-state index in [9.17, 15) is 4.79 Å². The molecule has 2 N–H and O–H groups in total. The number of amides is 1. The van der Waals surface area contributed by atoms with Crippen LogP contribution < -0.4 is 10.6 Å². The normalized spacial score (nSPS) is 14.6. The van der Waals surface area contributed by atoms with Crippen molar-refractivity contribution in [3.63, 3.8) is 0 Å². The second-order valence-corrected chi connectivity index (χ2v) is 8.80. The van der Waals surface area contributed by atoms with Crippen LogP contribution in [0.2, 0.25) is 5.02 Å². The molecule has 4 rings (SSSR count). The summed E-state index contributed by atoms with van der Waals surface area (Å²) in [5, 5.41) is 7.47. The fourth-order valence-corrected chi connectivity index (χ4v) is 4.05. The number of hydrogen-bond donors (Lipinski definition) is 2. The first kappa shape index (κ1) is 22.2. The Balaban J connectivity index is 1.37. The van der Waals surface area contributed by atoms with Crippen molar-refractivity contribution >= 4 is 29.1 Å². The highest BCUT2D eigenvalue weighted by atomic mass is 35.5. The number of nitrogens with one attached hydrogen (secondary N) is 2. The van der Waals surface area contributed by atoms with Crippen molar-refractivity contribution in [2.75, 3.05) is 18.4 Å². The molecule has 3 aromatic rings. The van der Waals surface area contributed by atoms with Crippen molar-refractivity contribution < 1.29 is 4.79 Å². The third-order valence-corrected chi connectivity index (χ3v) is 5.79. The number of carbonyl (C=O) groups is 1. The van der Waals surface area contributed by atoms with Gasteiger partial charge in [-0.05, 0) is 55.3 Å². The van der Waals surface area contributed by atoms with Crippen LogP contribution >= 0.6 is 11.6 Å². The molecule has 0 saturated carbocycles. The zero-order chi connectivity index (χ0) is 22.5. The van der Waals surface area contributed by atoms with E-state index in [-0.39, 0.29) is 5.91 Å². The lowest BCUT2D eigenvalue weighted by Crippen LogP contribution is -2.46. The molecule has 0 aliphatic carbocycles. The highest BCUT2D eigenvalue weighted by Crippen LogP contribution is 2.22. The average molecular weight is 450 g/mol. The molecule has 0 radical (unpaired) electrons. The summed E-state index contributed by atoms with van der Waals surface area (Å²) in [6.45, 7) is 5.89. The van der Waals surface area contributed by atoms with Crippen molar-refractivity contribution in [2.24, 2.45) is 0 Å². The van der Waals surface area contributed by atoms with Gasteiger partial charge in [-0.15, -0.1) is 0 Å². The maximum atomic E-state index is 12.9. The third kappa shape index (κ3) is 5.64. The molecule has 6 nitrogen and oxygen atoms in total. The maximum absolute atomic E-state index is 12.9. The minimum absolute atomic E-state index is 0.0838. The molecule has 0 unspecified atom stereocenters. The number of anilines is 2. The van der Waals surface area contributed by atoms with Crippen LogP contribution in [0.1, 0.15) is 37.0 Å². The van der Waals surface area contributed by atoms with Crippen molar-refractivity contribution in [1.29, 1.82) is 0 Å². The fourth-order valence-electron chi connectivity index (χ4n) is 3.93. The van der Waals surface area contributed by atoms with E-state index in [0.717, 1.165) is 42.9 Å². The Morgan fingerprint density at radius 1 is 1.03 bits per heavy atom. The van der Waals surface area contributed by atoms with Crippen molar-refractivity contribution in [1.82, 2.24) is 20.2 Å². The molecule has 1 aliphatic heterocycles. The second-order valence-electron chi connectivity index (χ2n) is 8.36. The van der Waals surface area contributed by atoms with Crippen LogP contribution in [0.5, 0.6) is 0 Å². The van der Waals surface area contributed by atoms with Gasteiger partial charge in [0.05, 0.1) is 5.69 Å². The minimum atomic E-state index is 0.0838. The van der Waals surface area contributed by atoms with E-state index < -0.39 is 0 Å². The third-order valence-electron chi connectivity index (χ3n) is 5.53. The van der Waals surface area contributed by atoms with Crippen molar-refractivity contribution in [2.45, 2.75) is 38.8 Å². The molecule has 1 aliphatic rings. The molecule has 7 heteroatoms.